The SMILES string of the molecule is C[C@@H](O)[C@H](O)[C@H](O)[C@@H](N)CS. The van der Waals surface area contributed by atoms with E-state index in [0.717, 1.165) is 0 Å². The summed E-state index contributed by atoms with van der Waals surface area (Å²) in [5.74, 6) is 0.269. The van der Waals surface area contributed by atoms with Crippen molar-refractivity contribution in [2.24, 2.45) is 5.73 Å². The van der Waals surface area contributed by atoms with Gasteiger partial charge in [-0.2, -0.15) is 12.6 Å². The monoisotopic (exact) mass is 181 g/mol. The third-order valence-corrected chi connectivity index (χ3v) is 1.92. The summed E-state index contributed by atoms with van der Waals surface area (Å²) in [5, 5.41) is 27.1. The summed E-state index contributed by atoms with van der Waals surface area (Å²) in [6.07, 6.45) is -3.29. The van der Waals surface area contributed by atoms with E-state index >= 15 is 0 Å². The van der Waals surface area contributed by atoms with Crippen molar-refractivity contribution in [1.29, 1.82) is 0 Å². The first-order valence-electron chi connectivity index (χ1n) is 3.41. The number of aliphatic hydroxyl groups is 3. The maximum absolute atomic E-state index is 9.17. The minimum Gasteiger partial charge on any atom is -0.391 e. The highest BCUT2D eigenvalue weighted by Gasteiger charge is 2.25. The van der Waals surface area contributed by atoms with Crippen LogP contribution in [0, 0.1) is 0 Å². The van der Waals surface area contributed by atoms with E-state index in [0.29, 0.717) is 0 Å². The molecule has 0 spiro atoms. The van der Waals surface area contributed by atoms with Gasteiger partial charge in [0.05, 0.1) is 12.2 Å². The molecule has 11 heavy (non-hydrogen) atoms. The largest absolute Gasteiger partial charge is 0.391 e. The Kier molecular flexibility index (Phi) is 5.03. The van der Waals surface area contributed by atoms with Crippen LogP contribution >= 0.6 is 12.6 Å². The summed E-state index contributed by atoms with van der Waals surface area (Å²) in [5.41, 5.74) is 5.36. The molecule has 0 aliphatic rings. The first kappa shape index (κ1) is 11.2. The molecule has 0 rings (SSSR count). The highest BCUT2D eigenvalue weighted by molar-refractivity contribution is 7.80. The van der Waals surface area contributed by atoms with E-state index < -0.39 is 24.4 Å². The van der Waals surface area contributed by atoms with Crippen molar-refractivity contribution < 1.29 is 15.3 Å². The fraction of sp³-hybridized carbons (Fsp3) is 1.00. The smallest absolute Gasteiger partial charge is 0.107 e. The summed E-state index contributed by atoms with van der Waals surface area (Å²) in [6, 6.07) is -0.608. The molecule has 0 fully saturated rings. The van der Waals surface area contributed by atoms with Crippen LogP contribution in [0.4, 0.5) is 0 Å². The normalized spacial score (nSPS) is 22.4. The lowest BCUT2D eigenvalue weighted by atomic mass is 10.0. The second kappa shape index (κ2) is 4.95. The van der Waals surface area contributed by atoms with Crippen LogP contribution in [0.3, 0.4) is 0 Å². The highest BCUT2D eigenvalue weighted by atomic mass is 32.1. The zero-order valence-corrected chi connectivity index (χ0v) is 7.28. The molecular formula is C6H15NO3S. The number of rotatable bonds is 4. The summed E-state index contributed by atoms with van der Waals surface area (Å²) < 4.78 is 0. The van der Waals surface area contributed by atoms with Gasteiger partial charge < -0.3 is 21.1 Å². The van der Waals surface area contributed by atoms with Crippen LogP contribution in [0.5, 0.6) is 0 Å². The molecule has 0 unspecified atom stereocenters. The molecule has 4 atom stereocenters. The van der Waals surface area contributed by atoms with Gasteiger partial charge in [-0.05, 0) is 6.92 Å². The standard InChI is InChI=1S/C6H15NO3S/c1-3(8)5(9)6(10)4(7)2-11/h3-6,8-11H,2,7H2,1H3/t3-,4+,5+,6-/m1/s1. The van der Waals surface area contributed by atoms with E-state index in [1.807, 2.05) is 0 Å². The summed E-state index contributed by atoms with van der Waals surface area (Å²) >= 11 is 3.84. The Morgan fingerprint density at radius 3 is 2.00 bits per heavy atom. The van der Waals surface area contributed by atoms with Crippen molar-refractivity contribution in [1.82, 2.24) is 0 Å². The topological polar surface area (TPSA) is 86.7 Å². The van der Waals surface area contributed by atoms with Crippen LogP contribution in [0.25, 0.3) is 0 Å². The van der Waals surface area contributed by atoms with Crippen molar-refractivity contribution in [2.45, 2.75) is 31.3 Å². The van der Waals surface area contributed by atoms with E-state index in [1.54, 1.807) is 0 Å². The molecule has 4 nitrogen and oxygen atoms in total. The highest BCUT2D eigenvalue weighted by Crippen LogP contribution is 2.03. The maximum atomic E-state index is 9.17. The summed E-state index contributed by atoms with van der Waals surface area (Å²) in [6.45, 7) is 1.39. The molecule has 5 N–H and O–H groups in total. The zero-order chi connectivity index (χ0) is 9.02. The third-order valence-electron chi connectivity index (χ3n) is 1.49. The minimum absolute atomic E-state index is 0.269. The molecule has 0 saturated heterocycles. The third kappa shape index (κ3) is 3.39. The molecular weight excluding hydrogens is 166 g/mol. The quantitative estimate of drug-likeness (QED) is 0.336. The minimum atomic E-state index is -1.20. The van der Waals surface area contributed by atoms with Crippen molar-refractivity contribution >= 4 is 12.6 Å². The van der Waals surface area contributed by atoms with Crippen LogP contribution in [0.2, 0.25) is 0 Å². The van der Waals surface area contributed by atoms with E-state index in [4.69, 9.17) is 15.9 Å². The van der Waals surface area contributed by atoms with Gasteiger partial charge in [0.25, 0.3) is 0 Å². The van der Waals surface area contributed by atoms with Crippen molar-refractivity contribution in [2.75, 3.05) is 5.75 Å². The van der Waals surface area contributed by atoms with Gasteiger partial charge in [0.2, 0.25) is 0 Å². The van der Waals surface area contributed by atoms with Gasteiger partial charge in [-0.15, -0.1) is 0 Å². The number of thiol groups is 1. The van der Waals surface area contributed by atoms with Gasteiger partial charge in [-0.25, -0.2) is 0 Å². The van der Waals surface area contributed by atoms with E-state index in [1.165, 1.54) is 6.92 Å². The Morgan fingerprint density at radius 1 is 1.27 bits per heavy atom. The lowest BCUT2D eigenvalue weighted by Gasteiger charge is -2.24. The Labute approximate surface area is 71.4 Å². The molecule has 0 radical (unpaired) electrons. The molecule has 0 aromatic rings. The van der Waals surface area contributed by atoms with Crippen LogP contribution < -0.4 is 5.73 Å². The van der Waals surface area contributed by atoms with Gasteiger partial charge in [0.15, 0.2) is 0 Å². The molecule has 0 aliphatic heterocycles. The van der Waals surface area contributed by atoms with Gasteiger partial charge >= 0.3 is 0 Å². The molecule has 0 aromatic heterocycles. The maximum Gasteiger partial charge on any atom is 0.107 e. The van der Waals surface area contributed by atoms with E-state index in [9.17, 15) is 5.11 Å². The first-order chi connectivity index (χ1) is 5.00. The molecule has 0 heterocycles. The van der Waals surface area contributed by atoms with Crippen LogP contribution in [-0.2, 0) is 0 Å². The molecule has 5 heteroatoms. The van der Waals surface area contributed by atoms with Gasteiger partial charge in [0, 0.05) is 11.8 Å². The number of aliphatic hydroxyl groups excluding tert-OH is 3. The van der Waals surface area contributed by atoms with Crippen LogP contribution in [0.15, 0.2) is 0 Å². The molecule has 68 valence electrons. The second-order valence-electron chi connectivity index (χ2n) is 2.57. The number of hydrogen-bond donors (Lipinski definition) is 5. The molecule has 0 amide bonds. The average molecular weight is 181 g/mol. The number of hydrogen-bond acceptors (Lipinski definition) is 5. The lowest BCUT2D eigenvalue weighted by Crippen LogP contribution is -2.48. The zero-order valence-electron chi connectivity index (χ0n) is 6.38. The predicted octanol–water partition coefficient (Wildman–Crippen LogP) is -1.65. The lowest BCUT2D eigenvalue weighted by molar-refractivity contribution is -0.0580. The summed E-state index contributed by atoms with van der Waals surface area (Å²) in [7, 11) is 0. The average Bonchev–Trinajstić information content (AvgIpc) is 2.00. The Bertz CT molecular complexity index is 112. The first-order valence-corrected chi connectivity index (χ1v) is 4.04. The van der Waals surface area contributed by atoms with Crippen molar-refractivity contribution in [3.8, 4) is 0 Å². The number of nitrogens with two attached hydrogens (primary N) is 1. The fourth-order valence-corrected chi connectivity index (χ4v) is 0.863. The van der Waals surface area contributed by atoms with Gasteiger partial charge in [0.1, 0.15) is 6.10 Å². The molecule has 0 aliphatic carbocycles. The van der Waals surface area contributed by atoms with Crippen molar-refractivity contribution in [3.05, 3.63) is 0 Å². The summed E-state index contributed by atoms with van der Waals surface area (Å²) in [4.78, 5) is 0. The van der Waals surface area contributed by atoms with Crippen molar-refractivity contribution in [3.63, 3.8) is 0 Å². The van der Waals surface area contributed by atoms with Gasteiger partial charge in [-0.3, -0.25) is 0 Å². The van der Waals surface area contributed by atoms with Gasteiger partial charge in [-0.1, -0.05) is 0 Å². The molecule has 0 bridgehead atoms. The second-order valence-corrected chi connectivity index (χ2v) is 2.93. The van der Waals surface area contributed by atoms with Crippen LogP contribution in [-0.4, -0.2) is 45.4 Å². The predicted molar refractivity (Wildman–Crippen MR) is 45.5 cm³/mol. The fourth-order valence-electron chi connectivity index (χ4n) is 0.647. The Balaban J connectivity index is 3.90. The van der Waals surface area contributed by atoms with Crippen LogP contribution in [0.1, 0.15) is 6.92 Å². The molecule has 0 saturated carbocycles. The van der Waals surface area contributed by atoms with E-state index in [2.05, 4.69) is 12.6 Å². The Hall–Kier alpha value is 0.190. The van der Waals surface area contributed by atoms with E-state index in [-0.39, 0.29) is 5.75 Å². The molecule has 0 aromatic carbocycles. The Morgan fingerprint density at radius 2 is 1.73 bits per heavy atom.